The van der Waals surface area contributed by atoms with Gasteiger partial charge in [0.05, 0.1) is 6.10 Å². The lowest BCUT2D eigenvalue weighted by Crippen LogP contribution is -2.13. The van der Waals surface area contributed by atoms with E-state index in [2.05, 4.69) is 15.9 Å². The number of carboxylic acids is 1. The Hall–Kier alpha value is -2.54. The third-order valence-corrected chi connectivity index (χ3v) is 3.84. The Balaban J connectivity index is 2.45. The van der Waals surface area contributed by atoms with Gasteiger partial charge in [0.2, 0.25) is 0 Å². The fraction of sp³-hybridized carbons (Fsp3) is 0.158. The molecule has 0 aliphatic carbocycles. The number of carboxylic acid groups (broad SMARTS) is 1. The first-order valence-corrected chi connectivity index (χ1v) is 8.40. The Kier molecular flexibility index (Phi) is 6.26. The summed E-state index contributed by atoms with van der Waals surface area (Å²) in [5.74, 6) is -5.10. The average Bonchev–Trinajstić information content (AvgIpc) is 2.55. The number of ether oxygens (including phenoxy) is 1. The van der Waals surface area contributed by atoms with Crippen LogP contribution in [0.5, 0.6) is 5.75 Å². The number of aromatic carboxylic acids is 1. The molecule has 0 bridgehead atoms. The van der Waals surface area contributed by atoms with Crippen LogP contribution >= 0.6 is 15.9 Å². The van der Waals surface area contributed by atoms with Gasteiger partial charge in [-0.25, -0.2) is 13.6 Å². The molecule has 0 saturated carbocycles. The van der Waals surface area contributed by atoms with Gasteiger partial charge in [0.25, 0.3) is 0 Å². The summed E-state index contributed by atoms with van der Waals surface area (Å²) in [4.78, 5) is 23.2. The SMILES string of the molecule is CC(C)Oc1c(C=CC(=O)c2ccc(Br)cc2)cc(F)c(C(=O)O)c1F. The van der Waals surface area contributed by atoms with Gasteiger partial charge < -0.3 is 9.84 Å². The van der Waals surface area contributed by atoms with Crippen molar-refractivity contribution in [2.24, 2.45) is 0 Å². The molecule has 0 heterocycles. The van der Waals surface area contributed by atoms with Gasteiger partial charge in [-0.15, -0.1) is 0 Å². The average molecular weight is 425 g/mol. The van der Waals surface area contributed by atoms with Crippen molar-refractivity contribution in [2.45, 2.75) is 20.0 Å². The summed E-state index contributed by atoms with van der Waals surface area (Å²) >= 11 is 3.26. The van der Waals surface area contributed by atoms with Crippen LogP contribution in [0.4, 0.5) is 8.78 Å². The zero-order chi connectivity index (χ0) is 19.4. The second-order valence-electron chi connectivity index (χ2n) is 5.64. The summed E-state index contributed by atoms with van der Waals surface area (Å²) in [5, 5.41) is 8.97. The molecule has 2 aromatic carbocycles. The van der Waals surface area contributed by atoms with Crippen LogP contribution in [0.3, 0.4) is 0 Å². The van der Waals surface area contributed by atoms with Gasteiger partial charge >= 0.3 is 5.97 Å². The van der Waals surface area contributed by atoms with Gasteiger partial charge in [-0.2, -0.15) is 0 Å². The van der Waals surface area contributed by atoms with Crippen molar-refractivity contribution >= 4 is 33.8 Å². The highest BCUT2D eigenvalue weighted by Crippen LogP contribution is 2.30. The van der Waals surface area contributed by atoms with E-state index in [9.17, 15) is 18.4 Å². The summed E-state index contributed by atoms with van der Waals surface area (Å²) in [6.07, 6.45) is 1.86. The molecule has 0 atom stereocenters. The lowest BCUT2D eigenvalue weighted by Gasteiger charge is -2.15. The largest absolute Gasteiger partial charge is 0.487 e. The molecule has 0 aliphatic rings. The number of allylic oxidation sites excluding steroid dienone is 1. The molecule has 2 aromatic rings. The Labute approximate surface area is 157 Å². The zero-order valence-electron chi connectivity index (χ0n) is 13.9. The zero-order valence-corrected chi connectivity index (χ0v) is 15.5. The first-order chi connectivity index (χ1) is 12.2. The Morgan fingerprint density at radius 1 is 1.19 bits per heavy atom. The molecule has 0 amide bonds. The van der Waals surface area contributed by atoms with Crippen molar-refractivity contribution in [1.82, 2.24) is 0 Å². The van der Waals surface area contributed by atoms with Gasteiger partial charge in [0.1, 0.15) is 11.4 Å². The third kappa shape index (κ3) is 4.54. The minimum atomic E-state index is -1.74. The number of ketones is 1. The minimum Gasteiger partial charge on any atom is -0.487 e. The highest BCUT2D eigenvalue weighted by molar-refractivity contribution is 9.10. The van der Waals surface area contributed by atoms with Crippen molar-refractivity contribution in [3.8, 4) is 5.75 Å². The Morgan fingerprint density at radius 3 is 2.35 bits per heavy atom. The molecule has 0 aliphatic heterocycles. The molecule has 0 saturated heterocycles. The first-order valence-electron chi connectivity index (χ1n) is 7.60. The van der Waals surface area contributed by atoms with Crippen LogP contribution in [-0.4, -0.2) is 23.0 Å². The lowest BCUT2D eigenvalue weighted by atomic mass is 10.1. The molecule has 0 spiro atoms. The van der Waals surface area contributed by atoms with E-state index in [4.69, 9.17) is 9.84 Å². The van der Waals surface area contributed by atoms with E-state index in [1.54, 1.807) is 38.1 Å². The van der Waals surface area contributed by atoms with Gasteiger partial charge in [-0.3, -0.25) is 4.79 Å². The first kappa shape index (κ1) is 19.8. The molecular formula is C19H15BrF2O4. The van der Waals surface area contributed by atoms with E-state index >= 15 is 0 Å². The third-order valence-electron chi connectivity index (χ3n) is 3.31. The molecule has 0 aromatic heterocycles. The number of carbonyl (C=O) groups is 2. The van der Waals surface area contributed by atoms with E-state index in [1.807, 2.05) is 0 Å². The fourth-order valence-electron chi connectivity index (χ4n) is 2.17. The molecule has 0 radical (unpaired) electrons. The molecule has 0 unspecified atom stereocenters. The summed E-state index contributed by atoms with van der Waals surface area (Å²) in [5.41, 5.74) is -0.778. The maximum Gasteiger partial charge on any atom is 0.341 e. The molecular weight excluding hydrogens is 410 g/mol. The smallest absolute Gasteiger partial charge is 0.341 e. The van der Waals surface area contributed by atoms with Crippen LogP contribution in [0, 0.1) is 11.6 Å². The van der Waals surface area contributed by atoms with Crippen molar-refractivity contribution in [2.75, 3.05) is 0 Å². The molecule has 0 fully saturated rings. The summed E-state index contributed by atoms with van der Waals surface area (Å²) < 4.78 is 34.5. The van der Waals surface area contributed by atoms with Crippen molar-refractivity contribution in [3.63, 3.8) is 0 Å². The monoisotopic (exact) mass is 424 g/mol. The second kappa shape index (κ2) is 8.23. The molecule has 1 N–H and O–H groups in total. The van der Waals surface area contributed by atoms with E-state index in [0.29, 0.717) is 5.56 Å². The van der Waals surface area contributed by atoms with Crippen molar-refractivity contribution < 1.29 is 28.2 Å². The second-order valence-corrected chi connectivity index (χ2v) is 6.56. The molecule has 2 rings (SSSR count). The Morgan fingerprint density at radius 2 is 1.81 bits per heavy atom. The van der Waals surface area contributed by atoms with Gasteiger partial charge in [0, 0.05) is 15.6 Å². The maximum absolute atomic E-state index is 14.4. The van der Waals surface area contributed by atoms with Gasteiger partial charge in [-0.05, 0) is 56.3 Å². The molecule has 7 heteroatoms. The van der Waals surface area contributed by atoms with Gasteiger partial charge in [-0.1, -0.05) is 15.9 Å². The minimum absolute atomic E-state index is 0.0656. The van der Waals surface area contributed by atoms with Crippen LogP contribution in [0.15, 0.2) is 40.9 Å². The number of rotatable bonds is 6. The summed E-state index contributed by atoms with van der Waals surface area (Å²) in [6.45, 7) is 3.23. The lowest BCUT2D eigenvalue weighted by molar-refractivity contribution is 0.0684. The summed E-state index contributed by atoms with van der Waals surface area (Å²) in [7, 11) is 0. The van der Waals surface area contributed by atoms with E-state index in [-0.39, 0.29) is 11.3 Å². The predicted octanol–water partition coefficient (Wildman–Crippen LogP) is 5.11. The quantitative estimate of drug-likeness (QED) is 0.516. The molecule has 136 valence electrons. The van der Waals surface area contributed by atoms with Gasteiger partial charge in [0.15, 0.2) is 17.3 Å². The highest BCUT2D eigenvalue weighted by atomic mass is 79.9. The van der Waals surface area contributed by atoms with Crippen molar-refractivity contribution in [3.05, 3.63) is 69.2 Å². The molecule has 4 nitrogen and oxygen atoms in total. The number of hydrogen-bond donors (Lipinski definition) is 1. The number of benzene rings is 2. The Bertz CT molecular complexity index is 874. The van der Waals surface area contributed by atoms with Crippen LogP contribution < -0.4 is 4.74 Å². The normalized spacial score (nSPS) is 11.2. The fourth-order valence-corrected chi connectivity index (χ4v) is 2.43. The highest BCUT2D eigenvalue weighted by Gasteiger charge is 2.24. The van der Waals surface area contributed by atoms with Crippen LogP contribution in [0.1, 0.15) is 40.1 Å². The van der Waals surface area contributed by atoms with E-state index in [0.717, 1.165) is 16.6 Å². The standard InChI is InChI=1S/C19H15BrF2O4/c1-10(2)26-18-12(9-14(21)16(17(18)22)19(24)25)5-8-15(23)11-3-6-13(20)7-4-11/h3-10H,1-2H3,(H,24,25). The van der Waals surface area contributed by atoms with Crippen molar-refractivity contribution in [1.29, 1.82) is 0 Å². The molecule has 26 heavy (non-hydrogen) atoms. The number of hydrogen-bond acceptors (Lipinski definition) is 3. The topological polar surface area (TPSA) is 63.6 Å². The van der Waals surface area contributed by atoms with Crippen LogP contribution in [0.25, 0.3) is 6.08 Å². The van der Waals surface area contributed by atoms with Crippen LogP contribution in [0.2, 0.25) is 0 Å². The maximum atomic E-state index is 14.4. The van der Waals surface area contributed by atoms with E-state index in [1.165, 1.54) is 6.08 Å². The summed E-state index contributed by atoms with van der Waals surface area (Å²) in [6, 6.07) is 7.40. The predicted molar refractivity (Wildman–Crippen MR) is 96.6 cm³/mol. The van der Waals surface area contributed by atoms with E-state index < -0.39 is 35.0 Å². The number of carbonyl (C=O) groups excluding carboxylic acids is 1. The number of halogens is 3. The van der Waals surface area contributed by atoms with Crippen LogP contribution in [-0.2, 0) is 0 Å².